The molecule has 0 aromatic carbocycles. The number of carbonyl (C=O) groups is 2. The minimum atomic E-state index is -0.844. The van der Waals surface area contributed by atoms with E-state index in [0.29, 0.717) is 26.0 Å². The maximum absolute atomic E-state index is 12.7. The summed E-state index contributed by atoms with van der Waals surface area (Å²) in [4.78, 5) is 26.9. The molecule has 5 heteroatoms. The van der Waals surface area contributed by atoms with E-state index in [1.54, 1.807) is 18.7 Å². The van der Waals surface area contributed by atoms with E-state index in [-0.39, 0.29) is 17.9 Å². The van der Waals surface area contributed by atoms with Gasteiger partial charge in [-0.15, -0.1) is 0 Å². The molecule has 1 aliphatic rings. The van der Waals surface area contributed by atoms with Gasteiger partial charge < -0.3 is 15.0 Å². The Morgan fingerprint density at radius 1 is 1.20 bits per heavy atom. The van der Waals surface area contributed by atoms with Crippen LogP contribution in [0.25, 0.3) is 0 Å². The van der Waals surface area contributed by atoms with Crippen molar-refractivity contribution < 1.29 is 14.3 Å². The highest BCUT2D eigenvalue weighted by Crippen LogP contribution is 2.31. The van der Waals surface area contributed by atoms with Crippen LogP contribution in [-0.4, -0.2) is 47.0 Å². The van der Waals surface area contributed by atoms with E-state index in [4.69, 9.17) is 4.74 Å². The van der Waals surface area contributed by atoms with E-state index in [2.05, 4.69) is 5.32 Å². The van der Waals surface area contributed by atoms with Crippen molar-refractivity contribution in [2.75, 3.05) is 13.2 Å². The van der Waals surface area contributed by atoms with Crippen LogP contribution in [0.4, 0.5) is 0 Å². The summed E-state index contributed by atoms with van der Waals surface area (Å²) in [5, 5.41) is 2.86. The summed E-state index contributed by atoms with van der Waals surface area (Å²) >= 11 is 0. The van der Waals surface area contributed by atoms with Crippen molar-refractivity contribution in [3.63, 3.8) is 0 Å². The van der Waals surface area contributed by atoms with Crippen LogP contribution >= 0.6 is 0 Å². The topological polar surface area (TPSA) is 58.6 Å². The summed E-state index contributed by atoms with van der Waals surface area (Å²) < 4.78 is 5.55. The van der Waals surface area contributed by atoms with E-state index in [1.807, 2.05) is 27.7 Å². The summed E-state index contributed by atoms with van der Waals surface area (Å²) in [5.74, 6) is -0.0928. The van der Waals surface area contributed by atoms with Crippen molar-refractivity contribution in [3.05, 3.63) is 0 Å². The van der Waals surface area contributed by atoms with Gasteiger partial charge in [-0.05, 0) is 40.5 Å². The van der Waals surface area contributed by atoms with Crippen LogP contribution < -0.4 is 5.32 Å². The first-order valence-corrected chi connectivity index (χ1v) is 7.47. The number of piperazine rings is 1. The molecular weight excluding hydrogens is 256 g/mol. The standard InChI is InChI=1S/C15H28N2O3/c1-7-15(8-2)12(18)16-14(5,6)13(19)17(15)9-10-20-11(3)4/h11H,7-10H2,1-6H3,(H,16,18). The number of nitrogens with one attached hydrogen (secondary N) is 1. The fourth-order valence-electron chi connectivity index (χ4n) is 2.76. The van der Waals surface area contributed by atoms with Crippen LogP contribution in [0.5, 0.6) is 0 Å². The summed E-state index contributed by atoms with van der Waals surface area (Å²) in [5.41, 5.74) is -1.59. The third kappa shape index (κ3) is 2.97. The fourth-order valence-corrected chi connectivity index (χ4v) is 2.76. The number of ether oxygens (including phenoxy) is 1. The van der Waals surface area contributed by atoms with Crippen LogP contribution in [0.15, 0.2) is 0 Å². The van der Waals surface area contributed by atoms with Gasteiger partial charge in [-0.1, -0.05) is 13.8 Å². The zero-order chi connectivity index (χ0) is 15.6. The molecule has 0 bridgehead atoms. The molecule has 1 rings (SSSR count). The molecule has 1 N–H and O–H groups in total. The van der Waals surface area contributed by atoms with Gasteiger partial charge in [-0.25, -0.2) is 0 Å². The Labute approximate surface area is 122 Å². The summed E-state index contributed by atoms with van der Waals surface area (Å²) in [6, 6.07) is 0. The number of hydrogen-bond donors (Lipinski definition) is 1. The summed E-state index contributed by atoms with van der Waals surface area (Å²) in [6.07, 6.45) is 1.34. The lowest BCUT2D eigenvalue weighted by molar-refractivity contribution is -0.163. The second kappa shape index (κ2) is 6.12. The van der Waals surface area contributed by atoms with E-state index in [0.717, 1.165) is 0 Å². The van der Waals surface area contributed by atoms with Crippen molar-refractivity contribution in [1.82, 2.24) is 10.2 Å². The molecule has 0 atom stereocenters. The smallest absolute Gasteiger partial charge is 0.248 e. The molecule has 0 aromatic rings. The maximum Gasteiger partial charge on any atom is 0.248 e. The second-order valence-electron chi connectivity index (χ2n) is 6.19. The highest BCUT2D eigenvalue weighted by atomic mass is 16.5. The summed E-state index contributed by atoms with van der Waals surface area (Å²) in [6.45, 7) is 12.2. The van der Waals surface area contributed by atoms with E-state index in [1.165, 1.54) is 0 Å². The van der Waals surface area contributed by atoms with Gasteiger partial charge in [0, 0.05) is 6.54 Å². The van der Waals surface area contributed by atoms with Crippen molar-refractivity contribution in [3.8, 4) is 0 Å². The first-order chi connectivity index (χ1) is 9.21. The average Bonchev–Trinajstić information content (AvgIpc) is 2.35. The van der Waals surface area contributed by atoms with Gasteiger partial charge in [0.05, 0.1) is 12.7 Å². The molecule has 1 saturated heterocycles. The number of amides is 2. The van der Waals surface area contributed by atoms with Crippen molar-refractivity contribution in [2.45, 2.75) is 71.6 Å². The molecule has 1 aliphatic heterocycles. The zero-order valence-corrected chi connectivity index (χ0v) is 13.6. The Hall–Kier alpha value is -1.10. The molecule has 0 radical (unpaired) electrons. The largest absolute Gasteiger partial charge is 0.377 e. The minimum absolute atomic E-state index is 0.0341. The molecule has 0 aromatic heterocycles. The lowest BCUT2D eigenvalue weighted by Crippen LogP contribution is -2.74. The highest BCUT2D eigenvalue weighted by Gasteiger charge is 2.53. The number of hydrogen-bond acceptors (Lipinski definition) is 3. The van der Waals surface area contributed by atoms with Gasteiger partial charge in [-0.2, -0.15) is 0 Å². The molecule has 0 saturated carbocycles. The Balaban J connectivity index is 3.01. The molecular formula is C15H28N2O3. The number of rotatable bonds is 6. The fraction of sp³-hybridized carbons (Fsp3) is 0.867. The maximum atomic E-state index is 12.7. The first-order valence-electron chi connectivity index (χ1n) is 7.47. The van der Waals surface area contributed by atoms with Crippen molar-refractivity contribution >= 4 is 11.8 Å². The molecule has 2 amide bonds. The second-order valence-corrected chi connectivity index (χ2v) is 6.19. The molecule has 5 nitrogen and oxygen atoms in total. The van der Waals surface area contributed by atoms with Crippen molar-refractivity contribution in [1.29, 1.82) is 0 Å². The van der Waals surface area contributed by atoms with Gasteiger partial charge in [0.25, 0.3) is 0 Å². The SMILES string of the molecule is CCC1(CC)C(=O)NC(C)(C)C(=O)N1CCOC(C)C. The van der Waals surface area contributed by atoms with Crippen LogP contribution in [-0.2, 0) is 14.3 Å². The van der Waals surface area contributed by atoms with Crippen LogP contribution in [0, 0.1) is 0 Å². The quantitative estimate of drug-likeness (QED) is 0.808. The van der Waals surface area contributed by atoms with E-state index >= 15 is 0 Å². The molecule has 0 unspecified atom stereocenters. The lowest BCUT2D eigenvalue weighted by atomic mass is 9.83. The van der Waals surface area contributed by atoms with Gasteiger partial charge in [0.1, 0.15) is 11.1 Å². The van der Waals surface area contributed by atoms with Crippen LogP contribution in [0.2, 0.25) is 0 Å². The highest BCUT2D eigenvalue weighted by molar-refractivity contribution is 6.01. The first kappa shape index (κ1) is 17.0. The van der Waals surface area contributed by atoms with E-state index < -0.39 is 11.1 Å². The molecule has 116 valence electrons. The molecule has 0 spiro atoms. The Morgan fingerprint density at radius 2 is 1.75 bits per heavy atom. The minimum Gasteiger partial charge on any atom is -0.377 e. The Kier molecular flexibility index (Phi) is 5.19. The Bertz CT molecular complexity index is 373. The van der Waals surface area contributed by atoms with Crippen LogP contribution in [0.1, 0.15) is 54.4 Å². The molecule has 1 fully saturated rings. The molecule has 20 heavy (non-hydrogen) atoms. The van der Waals surface area contributed by atoms with Crippen LogP contribution in [0.3, 0.4) is 0 Å². The third-order valence-electron chi connectivity index (χ3n) is 4.08. The third-order valence-corrected chi connectivity index (χ3v) is 4.08. The zero-order valence-electron chi connectivity index (χ0n) is 13.6. The van der Waals surface area contributed by atoms with Gasteiger partial charge in [0.2, 0.25) is 11.8 Å². The van der Waals surface area contributed by atoms with Gasteiger partial charge in [0.15, 0.2) is 0 Å². The lowest BCUT2D eigenvalue weighted by Gasteiger charge is -2.50. The van der Waals surface area contributed by atoms with Crippen molar-refractivity contribution in [2.24, 2.45) is 0 Å². The summed E-state index contributed by atoms with van der Waals surface area (Å²) in [7, 11) is 0. The monoisotopic (exact) mass is 284 g/mol. The normalized spacial score (nSPS) is 21.2. The predicted octanol–water partition coefficient (Wildman–Crippen LogP) is 1.71. The van der Waals surface area contributed by atoms with Gasteiger partial charge >= 0.3 is 0 Å². The average molecular weight is 284 g/mol. The van der Waals surface area contributed by atoms with Gasteiger partial charge in [-0.3, -0.25) is 9.59 Å². The number of carbonyl (C=O) groups excluding carboxylic acids is 2. The Morgan fingerprint density at radius 3 is 2.20 bits per heavy atom. The number of nitrogens with zero attached hydrogens (tertiary/aromatic N) is 1. The predicted molar refractivity (Wildman–Crippen MR) is 78.3 cm³/mol. The molecule has 1 heterocycles. The molecule has 0 aliphatic carbocycles. The van der Waals surface area contributed by atoms with E-state index in [9.17, 15) is 9.59 Å².